The van der Waals surface area contributed by atoms with Gasteiger partial charge in [-0.05, 0) is 6.92 Å². The van der Waals surface area contributed by atoms with Gasteiger partial charge in [-0.1, -0.05) is 12.1 Å². The van der Waals surface area contributed by atoms with Gasteiger partial charge in [-0.15, -0.1) is 0 Å². The molecule has 0 N–H and O–H groups in total. The van der Waals surface area contributed by atoms with Gasteiger partial charge in [0.1, 0.15) is 5.69 Å². The molecule has 0 aliphatic rings. The van der Waals surface area contributed by atoms with E-state index in [2.05, 4.69) is 8.75 Å². The summed E-state index contributed by atoms with van der Waals surface area (Å²) in [6, 6.07) is 5.04. The number of hydrogen-bond acceptors (Lipinski definition) is 5. The summed E-state index contributed by atoms with van der Waals surface area (Å²) in [5.41, 5.74) is 2.15. The standard InChI is InChI=1S/C9H7N3O2S/c1-6-2-3-7(4-9(6)12(13)14)8-5-10-15-11-8/h2-5H,1H3. The molecule has 76 valence electrons. The Morgan fingerprint density at radius 3 is 2.87 bits per heavy atom. The van der Waals surface area contributed by atoms with Crippen LogP contribution in [0.2, 0.25) is 0 Å². The lowest BCUT2D eigenvalue weighted by Gasteiger charge is -1.99. The molecule has 5 nitrogen and oxygen atoms in total. The van der Waals surface area contributed by atoms with Gasteiger partial charge in [-0.25, -0.2) is 0 Å². The normalized spacial score (nSPS) is 10.2. The van der Waals surface area contributed by atoms with E-state index >= 15 is 0 Å². The first-order chi connectivity index (χ1) is 7.18. The van der Waals surface area contributed by atoms with E-state index in [0.29, 0.717) is 11.3 Å². The maximum atomic E-state index is 10.7. The molecule has 0 aliphatic heterocycles. The summed E-state index contributed by atoms with van der Waals surface area (Å²) in [5.74, 6) is 0. The van der Waals surface area contributed by atoms with Crippen molar-refractivity contribution in [2.45, 2.75) is 6.92 Å². The summed E-state index contributed by atoms with van der Waals surface area (Å²) in [4.78, 5) is 10.3. The monoisotopic (exact) mass is 221 g/mol. The van der Waals surface area contributed by atoms with E-state index in [1.54, 1.807) is 25.3 Å². The zero-order valence-corrected chi connectivity index (χ0v) is 8.69. The molecule has 0 spiro atoms. The van der Waals surface area contributed by atoms with Crippen molar-refractivity contribution in [3.8, 4) is 11.3 Å². The van der Waals surface area contributed by atoms with E-state index < -0.39 is 4.92 Å². The van der Waals surface area contributed by atoms with Gasteiger partial charge < -0.3 is 0 Å². The Morgan fingerprint density at radius 1 is 1.47 bits per heavy atom. The zero-order valence-electron chi connectivity index (χ0n) is 7.88. The molecule has 6 heteroatoms. The molecule has 1 heterocycles. The maximum Gasteiger partial charge on any atom is 0.272 e. The minimum atomic E-state index is -0.390. The van der Waals surface area contributed by atoms with Gasteiger partial charge in [-0.3, -0.25) is 10.1 Å². The first kappa shape index (κ1) is 9.72. The van der Waals surface area contributed by atoms with Crippen LogP contribution >= 0.6 is 11.7 Å². The lowest BCUT2D eigenvalue weighted by atomic mass is 10.1. The Kier molecular flexibility index (Phi) is 2.42. The van der Waals surface area contributed by atoms with E-state index in [-0.39, 0.29) is 5.69 Å². The number of rotatable bonds is 2. The van der Waals surface area contributed by atoms with Crippen LogP contribution in [0.15, 0.2) is 24.4 Å². The smallest absolute Gasteiger partial charge is 0.258 e. The molecule has 0 aliphatic carbocycles. The summed E-state index contributed by atoms with van der Waals surface area (Å²) in [7, 11) is 0. The third kappa shape index (κ3) is 1.84. The highest BCUT2D eigenvalue weighted by atomic mass is 32.1. The predicted octanol–water partition coefficient (Wildman–Crippen LogP) is 2.42. The summed E-state index contributed by atoms with van der Waals surface area (Å²) >= 11 is 1.08. The van der Waals surface area contributed by atoms with Crippen molar-refractivity contribution in [3.63, 3.8) is 0 Å². The number of aryl methyl sites for hydroxylation is 1. The number of nitrogens with zero attached hydrogens (tertiary/aromatic N) is 3. The summed E-state index contributed by atoms with van der Waals surface area (Å²) in [5, 5.41) is 10.7. The highest BCUT2D eigenvalue weighted by Gasteiger charge is 2.12. The van der Waals surface area contributed by atoms with Crippen LogP contribution in [0.4, 0.5) is 5.69 Å². The van der Waals surface area contributed by atoms with Gasteiger partial charge in [0.25, 0.3) is 5.69 Å². The Labute approximate surface area is 89.9 Å². The number of hydrogen-bond donors (Lipinski definition) is 0. The van der Waals surface area contributed by atoms with Crippen LogP contribution in [0.1, 0.15) is 5.56 Å². The molecule has 0 atom stereocenters. The molecule has 0 bridgehead atoms. The fraction of sp³-hybridized carbons (Fsp3) is 0.111. The Morgan fingerprint density at radius 2 is 2.27 bits per heavy atom. The third-order valence-corrected chi connectivity index (χ3v) is 2.54. The largest absolute Gasteiger partial charge is 0.272 e. The van der Waals surface area contributed by atoms with Crippen LogP contribution < -0.4 is 0 Å². The molecular weight excluding hydrogens is 214 g/mol. The Balaban J connectivity index is 2.52. The lowest BCUT2D eigenvalue weighted by Crippen LogP contribution is -1.92. The molecule has 0 unspecified atom stereocenters. The number of aromatic nitrogens is 2. The van der Waals surface area contributed by atoms with Crippen LogP contribution in [0, 0.1) is 17.0 Å². The summed E-state index contributed by atoms with van der Waals surface area (Å²) in [6.07, 6.45) is 1.60. The van der Waals surface area contributed by atoms with Gasteiger partial charge in [0.05, 0.1) is 22.8 Å². The Bertz CT molecular complexity index is 496. The van der Waals surface area contributed by atoms with Crippen molar-refractivity contribution >= 4 is 17.4 Å². The quantitative estimate of drug-likeness (QED) is 0.576. The average molecular weight is 221 g/mol. The molecule has 0 fully saturated rings. The minimum Gasteiger partial charge on any atom is -0.258 e. The second-order valence-corrected chi connectivity index (χ2v) is 3.61. The SMILES string of the molecule is Cc1ccc(-c2cnsn2)cc1[N+](=O)[O-]. The van der Waals surface area contributed by atoms with Crippen molar-refractivity contribution in [1.82, 2.24) is 8.75 Å². The number of benzene rings is 1. The van der Waals surface area contributed by atoms with Gasteiger partial charge in [0, 0.05) is 17.2 Å². The molecule has 2 rings (SSSR count). The Hall–Kier alpha value is -1.82. The van der Waals surface area contributed by atoms with Crippen molar-refractivity contribution in [2.75, 3.05) is 0 Å². The topological polar surface area (TPSA) is 68.9 Å². The zero-order chi connectivity index (χ0) is 10.8. The summed E-state index contributed by atoms with van der Waals surface area (Å²) < 4.78 is 7.88. The highest BCUT2D eigenvalue weighted by molar-refractivity contribution is 6.99. The van der Waals surface area contributed by atoms with E-state index in [9.17, 15) is 10.1 Å². The molecule has 1 aromatic heterocycles. The first-order valence-corrected chi connectivity index (χ1v) is 4.94. The maximum absolute atomic E-state index is 10.7. The lowest BCUT2D eigenvalue weighted by molar-refractivity contribution is -0.385. The van der Waals surface area contributed by atoms with E-state index in [0.717, 1.165) is 17.3 Å². The fourth-order valence-electron chi connectivity index (χ4n) is 1.26. The number of nitro groups is 1. The van der Waals surface area contributed by atoms with Crippen molar-refractivity contribution in [1.29, 1.82) is 0 Å². The second-order valence-electron chi connectivity index (χ2n) is 3.05. The molecule has 1 aromatic carbocycles. The van der Waals surface area contributed by atoms with E-state index in [1.807, 2.05) is 0 Å². The van der Waals surface area contributed by atoms with Crippen LogP contribution in [-0.4, -0.2) is 13.7 Å². The van der Waals surface area contributed by atoms with Crippen molar-refractivity contribution < 1.29 is 4.92 Å². The van der Waals surface area contributed by atoms with E-state index in [4.69, 9.17) is 0 Å². The van der Waals surface area contributed by atoms with Gasteiger partial charge >= 0.3 is 0 Å². The molecule has 0 saturated carbocycles. The van der Waals surface area contributed by atoms with Crippen LogP contribution in [0.3, 0.4) is 0 Å². The third-order valence-electron chi connectivity index (χ3n) is 2.06. The minimum absolute atomic E-state index is 0.112. The molecule has 0 saturated heterocycles. The van der Waals surface area contributed by atoms with Crippen molar-refractivity contribution in [3.05, 3.63) is 40.1 Å². The molecule has 2 aromatic rings. The van der Waals surface area contributed by atoms with Crippen LogP contribution in [0.5, 0.6) is 0 Å². The van der Waals surface area contributed by atoms with Crippen LogP contribution in [0.25, 0.3) is 11.3 Å². The average Bonchev–Trinajstić information content (AvgIpc) is 2.71. The fourth-order valence-corrected chi connectivity index (χ4v) is 1.69. The summed E-state index contributed by atoms with van der Waals surface area (Å²) in [6.45, 7) is 1.71. The highest BCUT2D eigenvalue weighted by Crippen LogP contribution is 2.25. The molecule has 0 radical (unpaired) electrons. The van der Waals surface area contributed by atoms with E-state index in [1.165, 1.54) is 6.07 Å². The first-order valence-electron chi connectivity index (χ1n) is 4.21. The van der Waals surface area contributed by atoms with Gasteiger partial charge in [-0.2, -0.15) is 8.75 Å². The van der Waals surface area contributed by atoms with Gasteiger partial charge in [0.15, 0.2) is 0 Å². The number of nitro benzene ring substituents is 1. The molecule has 0 amide bonds. The van der Waals surface area contributed by atoms with Crippen molar-refractivity contribution in [2.24, 2.45) is 0 Å². The second kappa shape index (κ2) is 3.74. The molecular formula is C9H7N3O2S. The predicted molar refractivity (Wildman–Crippen MR) is 56.7 cm³/mol. The molecule has 15 heavy (non-hydrogen) atoms. The van der Waals surface area contributed by atoms with Gasteiger partial charge in [0.2, 0.25) is 0 Å². The van der Waals surface area contributed by atoms with Crippen LogP contribution in [-0.2, 0) is 0 Å².